The van der Waals surface area contributed by atoms with Gasteiger partial charge in [-0.3, -0.25) is 18.4 Å². The first kappa shape index (κ1) is 43.7. The van der Waals surface area contributed by atoms with E-state index in [9.17, 15) is 37.1 Å². The molecule has 2 aliphatic carbocycles. The lowest BCUT2D eigenvalue weighted by Crippen LogP contribution is -2.36. The van der Waals surface area contributed by atoms with Crippen LogP contribution < -0.4 is 23.2 Å². The highest BCUT2D eigenvalue weighted by molar-refractivity contribution is 7.80. The van der Waals surface area contributed by atoms with Gasteiger partial charge in [0.05, 0.1) is 30.9 Å². The van der Waals surface area contributed by atoms with Crippen LogP contribution in [0.2, 0.25) is 10.0 Å². The number of anilines is 1. The largest absolute Gasteiger partial charge is 0.619 e. The number of hydrogen-bond acceptors (Lipinski definition) is 11. The summed E-state index contributed by atoms with van der Waals surface area (Å²) in [6, 6.07) is 8.04. The first-order valence-electron chi connectivity index (χ1n) is 18.0. The zero-order chi connectivity index (χ0) is 41.4. The van der Waals surface area contributed by atoms with Gasteiger partial charge in [-0.05, 0) is 94.2 Å². The van der Waals surface area contributed by atoms with Crippen LogP contribution in [-0.4, -0.2) is 65.2 Å². The Balaban J connectivity index is 1.30. The minimum atomic E-state index is -3.12. The highest BCUT2D eigenvalue weighted by atomic mass is 35.5. The fraction of sp³-hybridized carbons (Fsp3) is 0.474. The predicted octanol–water partition coefficient (Wildman–Crippen LogP) is 7.16. The first-order valence-corrected chi connectivity index (χ1v) is 19.8. The van der Waals surface area contributed by atoms with Crippen LogP contribution in [-0.2, 0) is 41.5 Å². The smallest absolute Gasteiger partial charge is 0.387 e. The Kier molecular flexibility index (Phi) is 14.8. The van der Waals surface area contributed by atoms with Crippen molar-refractivity contribution >= 4 is 58.1 Å². The molecule has 57 heavy (non-hydrogen) atoms. The second kappa shape index (κ2) is 19.3. The minimum Gasteiger partial charge on any atom is -0.619 e. The number of hydrogen-bond donors (Lipinski definition) is 1. The van der Waals surface area contributed by atoms with Crippen LogP contribution >= 0.6 is 23.2 Å². The summed E-state index contributed by atoms with van der Waals surface area (Å²) >= 11 is 9.99. The van der Waals surface area contributed by atoms with Gasteiger partial charge in [0.2, 0.25) is 0 Å². The van der Waals surface area contributed by atoms with Gasteiger partial charge in [-0.2, -0.15) is 13.5 Å². The molecular weight excluding hydrogens is 817 g/mol. The third-order valence-corrected chi connectivity index (χ3v) is 9.86. The average Bonchev–Trinajstić information content (AvgIpc) is 4.05. The zero-order valence-electron chi connectivity index (χ0n) is 31.3. The van der Waals surface area contributed by atoms with Gasteiger partial charge in [-0.25, -0.2) is 9.00 Å². The third kappa shape index (κ3) is 13.6. The quantitative estimate of drug-likeness (QED) is 0.0400. The molecule has 5 rings (SSSR count). The highest BCUT2D eigenvalue weighted by Crippen LogP contribution is 2.38. The van der Waals surface area contributed by atoms with Crippen LogP contribution in [0.15, 0.2) is 48.8 Å². The summed E-state index contributed by atoms with van der Waals surface area (Å²) in [6.07, 6.45) is 4.18. The van der Waals surface area contributed by atoms with Crippen molar-refractivity contribution in [3.05, 3.63) is 80.7 Å². The van der Waals surface area contributed by atoms with Gasteiger partial charge in [0.15, 0.2) is 23.9 Å². The van der Waals surface area contributed by atoms with Gasteiger partial charge in [0, 0.05) is 12.0 Å². The summed E-state index contributed by atoms with van der Waals surface area (Å²) in [5.41, 5.74) is -0.217. The number of carbonyl (C=O) groups excluding carboxylic acids is 3. The number of carbonyl (C=O) groups is 3. The number of esters is 3. The molecule has 0 amide bonds. The molecule has 0 spiro atoms. The van der Waals surface area contributed by atoms with E-state index in [0.717, 1.165) is 42.4 Å². The van der Waals surface area contributed by atoms with Crippen LogP contribution in [0, 0.1) is 17.0 Å². The molecule has 2 saturated carbocycles. The molecule has 2 atom stereocenters. The van der Waals surface area contributed by atoms with E-state index in [0.29, 0.717) is 10.3 Å². The maximum absolute atomic E-state index is 13.2. The first-order chi connectivity index (χ1) is 26.9. The van der Waals surface area contributed by atoms with Gasteiger partial charge in [-0.15, -0.1) is 0 Å². The van der Waals surface area contributed by atoms with Crippen molar-refractivity contribution in [2.75, 3.05) is 30.7 Å². The summed E-state index contributed by atoms with van der Waals surface area (Å²) in [7, 11) is 0. The Morgan fingerprint density at radius 1 is 0.947 bits per heavy atom. The standard InChI is InChI=1S/C38H42Cl2F2N2O12S/c1-38(2,3)56-35(46)19-44(57(49)50)29-10-8-25(15-32(29)52-20-22-4-5-22)36(47)51-13-12-34(45)54-31(16-26-27(39)17-43(48)18-28(26)40)24-9-11-30(55-37(41)42)33(14-24)53-21-23-6-7-23/h8-11,14-15,17-18,22-23,31,37H,4-7,12-13,16,19-21H2,1-3H3,(H,49,50)/t31-/m0/s1. The van der Waals surface area contributed by atoms with Gasteiger partial charge in [-0.1, -0.05) is 29.3 Å². The molecule has 2 fully saturated rings. The van der Waals surface area contributed by atoms with Crippen LogP contribution in [0.25, 0.3) is 0 Å². The van der Waals surface area contributed by atoms with E-state index >= 15 is 0 Å². The maximum atomic E-state index is 13.2. The number of nitrogens with zero attached hydrogens (tertiary/aromatic N) is 2. The number of aromatic nitrogens is 1. The fourth-order valence-corrected chi connectivity index (χ4v) is 6.49. The van der Waals surface area contributed by atoms with E-state index in [1.165, 1.54) is 36.4 Å². The summed E-state index contributed by atoms with van der Waals surface area (Å²) in [4.78, 5) is 39.0. The molecule has 2 aromatic carbocycles. The van der Waals surface area contributed by atoms with Crippen LogP contribution in [0.5, 0.6) is 17.2 Å². The van der Waals surface area contributed by atoms with Gasteiger partial charge in [0.1, 0.15) is 40.7 Å². The normalized spacial score (nSPS) is 15.0. The summed E-state index contributed by atoms with van der Waals surface area (Å²) in [5, 5.41) is 11.9. The number of halogens is 4. The van der Waals surface area contributed by atoms with Crippen LogP contribution in [0.4, 0.5) is 14.5 Å². The van der Waals surface area contributed by atoms with E-state index < -0.39 is 67.1 Å². The number of rotatable bonds is 20. The minimum absolute atomic E-state index is 0.00187. The van der Waals surface area contributed by atoms with Crippen molar-refractivity contribution < 1.29 is 65.1 Å². The van der Waals surface area contributed by atoms with E-state index in [-0.39, 0.29) is 75.6 Å². The van der Waals surface area contributed by atoms with Gasteiger partial charge in [0.25, 0.3) is 11.3 Å². The van der Waals surface area contributed by atoms with Crippen LogP contribution in [0.3, 0.4) is 0 Å². The monoisotopic (exact) mass is 858 g/mol. The highest BCUT2D eigenvalue weighted by Gasteiger charge is 2.29. The van der Waals surface area contributed by atoms with Crippen molar-refractivity contribution in [2.45, 2.75) is 77.6 Å². The molecule has 2 aliphatic rings. The molecule has 0 bridgehead atoms. The molecular formula is C38H42Cl2F2N2O12S. The van der Waals surface area contributed by atoms with Crippen molar-refractivity contribution in [2.24, 2.45) is 11.8 Å². The number of alkyl halides is 2. The lowest BCUT2D eigenvalue weighted by Gasteiger charge is -2.25. The van der Waals surface area contributed by atoms with Crippen molar-refractivity contribution in [1.82, 2.24) is 0 Å². The Labute approximate surface area is 340 Å². The van der Waals surface area contributed by atoms with E-state index in [1.807, 2.05) is 0 Å². The zero-order valence-corrected chi connectivity index (χ0v) is 33.6. The Hall–Kier alpha value is -4.45. The molecule has 1 unspecified atom stereocenters. The predicted molar refractivity (Wildman–Crippen MR) is 203 cm³/mol. The van der Waals surface area contributed by atoms with Gasteiger partial charge < -0.3 is 33.6 Å². The summed E-state index contributed by atoms with van der Waals surface area (Å²) < 4.78 is 82.9. The molecule has 1 heterocycles. The maximum Gasteiger partial charge on any atom is 0.387 e. The van der Waals surface area contributed by atoms with Crippen LogP contribution in [0.1, 0.15) is 80.5 Å². The van der Waals surface area contributed by atoms with Crippen molar-refractivity contribution in [3.8, 4) is 17.2 Å². The molecule has 310 valence electrons. The number of pyridine rings is 1. The van der Waals surface area contributed by atoms with Gasteiger partial charge >= 0.3 is 24.5 Å². The molecule has 1 N–H and O–H groups in total. The summed E-state index contributed by atoms with van der Waals surface area (Å²) in [6.45, 7) is 1.36. The van der Waals surface area contributed by atoms with E-state index in [2.05, 4.69) is 4.74 Å². The second-order valence-corrected chi connectivity index (χ2v) is 16.2. The summed E-state index contributed by atoms with van der Waals surface area (Å²) in [5.74, 6) is -2.06. The third-order valence-electron chi connectivity index (χ3n) is 8.50. The number of ether oxygens (including phenoxy) is 6. The lowest BCUT2D eigenvalue weighted by molar-refractivity contribution is -0.605. The van der Waals surface area contributed by atoms with E-state index in [1.54, 1.807) is 20.8 Å². The molecule has 3 aromatic rings. The number of benzene rings is 2. The molecule has 1 aromatic heterocycles. The second-order valence-electron chi connectivity index (χ2n) is 14.5. The van der Waals surface area contributed by atoms with Crippen molar-refractivity contribution in [3.63, 3.8) is 0 Å². The molecule has 0 saturated heterocycles. The topological polar surface area (TPSA) is 174 Å². The lowest BCUT2D eigenvalue weighted by atomic mass is 10.0. The average molecular weight is 860 g/mol. The Morgan fingerprint density at radius 3 is 2.16 bits per heavy atom. The fourth-order valence-electron chi connectivity index (χ4n) is 5.36. The Morgan fingerprint density at radius 2 is 1.58 bits per heavy atom. The molecule has 14 nitrogen and oxygen atoms in total. The Bertz CT molecular complexity index is 1940. The SMILES string of the molecule is CC(C)(C)OC(=O)CN(c1ccc(C(=O)OCCC(=O)O[C@@H](Cc2c(Cl)c[n+]([O-])cc2Cl)c2ccc(OC(F)F)c(OCC3CC3)c2)cc1OCC1CC1)S(=O)O. The molecule has 0 aliphatic heterocycles. The molecule has 19 heteroatoms. The van der Waals surface area contributed by atoms with Crippen molar-refractivity contribution in [1.29, 1.82) is 0 Å². The van der Waals surface area contributed by atoms with E-state index in [4.69, 9.17) is 46.9 Å². The molecule has 0 radical (unpaired) electrons.